The zero-order chi connectivity index (χ0) is 17.5. The SMILES string of the molecule is O=C(Nc1ccc(OCc2cccnc2)cc1)C(O)c1ccccc1. The van der Waals surface area contributed by atoms with Crippen molar-refractivity contribution in [1.82, 2.24) is 4.98 Å². The van der Waals surface area contributed by atoms with Gasteiger partial charge in [0.15, 0.2) is 6.10 Å². The van der Waals surface area contributed by atoms with Crippen molar-refractivity contribution in [2.24, 2.45) is 0 Å². The quantitative estimate of drug-likeness (QED) is 0.725. The maximum absolute atomic E-state index is 12.1. The first-order chi connectivity index (χ1) is 12.2. The van der Waals surface area contributed by atoms with E-state index in [1.54, 1.807) is 60.9 Å². The molecule has 0 radical (unpaired) electrons. The predicted molar refractivity (Wildman–Crippen MR) is 95.0 cm³/mol. The van der Waals surface area contributed by atoms with Crippen LogP contribution in [-0.2, 0) is 11.4 Å². The van der Waals surface area contributed by atoms with Gasteiger partial charge in [-0.05, 0) is 35.9 Å². The van der Waals surface area contributed by atoms with Gasteiger partial charge >= 0.3 is 0 Å². The van der Waals surface area contributed by atoms with E-state index in [1.807, 2.05) is 18.2 Å². The van der Waals surface area contributed by atoms with E-state index in [0.717, 1.165) is 5.56 Å². The van der Waals surface area contributed by atoms with Crippen LogP contribution in [0.5, 0.6) is 5.75 Å². The van der Waals surface area contributed by atoms with E-state index < -0.39 is 12.0 Å². The maximum atomic E-state index is 12.1. The van der Waals surface area contributed by atoms with Crippen molar-refractivity contribution in [1.29, 1.82) is 0 Å². The number of aliphatic hydroxyl groups excluding tert-OH is 1. The topological polar surface area (TPSA) is 71.5 Å². The van der Waals surface area contributed by atoms with E-state index in [1.165, 1.54) is 0 Å². The molecular formula is C20H18N2O3. The predicted octanol–water partition coefficient (Wildman–Crippen LogP) is 3.33. The van der Waals surface area contributed by atoms with Gasteiger partial charge in [-0.2, -0.15) is 0 Å². The second-order valence-electron chi connectivity index (χ2n) is 5.48. The summed E-state index contributed by atoms with van der Waals surface area (Å²) in [4.78, 5) is 16.1. The Bertz CT molecular complexity index is 805. The van der Waals surface area contributed by atoms with Crippen molar-refractivity contribution in [3.05, 3.63) is 90.3 Å². The molecule has 0 aliphatic rings. The normalized spacial score (nSPS) is 11.6. The Kier molecular flexibility index (Phi) is 5.39. The number of benzene rings is 2. The van der Waals surface area contributed by atoms with Crippen LogP contribution in [0.2, 0.25) is 0 Å². The molecule has 126 valence electrons. The van der Waals surface area contributed by atoms with Gasteiger partial charge in [0.05, 0.1) is 0 Å². The number of rotatable bonds is 6. The van der Waals surface area contributed by atoms with Crippen LogP contribution in [0.4, 0.5) is 5.69 Å². The van der Waals surface area contributed by atoms with Gasteiger partial charge in [-0.3, -0.25) is 9.78 Å². The molecule has 0 saturated heterocycles. The van der Waals surface area contributed by atoms with Crippen molar-refractivity contribution in [3.8, 4) is 5.75 Å². The molecule has 3 aromatic rings. The minimum absolute atomic E-state index is 0.423. The third kappa shape index (κ3) is 4.65. The first-order valence-corrected chi connectivity index (χ1v) is 7.88. The van der Waals surface area contributed by atoms with Crippen LogP contribution >= 0.6 is 0 Å². The van der Waals surface area contributed by atoms with Crippen molar-refractivity contribution < 1.29 is 14.6 Å². The molecule has 0 fully saturated rings. The van der Waals surface area contributed by atoms with Gasteiger partial charge in [0, 0.05) is 23.6 Å². The highest BCUT2D eigenvalue weighted by molar-refractivity contribution is 5.94. The standard InChI is InChI=1S/C20H18N2O3/c23-19(16-6-2-1-3-7-16)20(24)22-17-8-10-18(11-9-17)25-14-15-5-4-12-21-13-15/h1-13,19,23H,14H2,(H,22,24). The number of aromatic nitrogens is 1. The van der Waals surface area contributed by atoms with E-state index >= 15 is 0 Å². The fraction of sp³-hybridized carbons (Fsp3) is 0.100. The highest BCUT2D eigenvalue weighted by Crippen LogP contribution is 2.19. The monoisotopic (exact) mass is 334 g/mol. The zero-order valence-electron chi connectivity index (χ0n) is 13.5. The summed E-state index contributed by atoms with van der Waals surface area (Å²) in [6.45, 7) is 0.423. The lowest BCUT2D eigenvalue weighted by molar-refractivity contribution is -0.124. The average Bonchev–Trinajstić information content (AvgIpc) is 2.68. The van der Waals surface area contributed by atoms with Gasteiger partial charge in [-0.15, -0.1) is 0 Å². The Morgan fingerprint density at radius 2 is 1.80 bits per heavy atom. The molecule has 3 rings (SSSR count). The Hall–Kier alpha value is -3.18. The van der Waals surface area contributed by atoms with Crippen LogP contribution in [0.1, 0.15) is 17.2 Å². The summed E-state index contributed by atoms with van der Waals surface area (Å²) in [5.74, 6) is 0.209. The van der Waals surface area contributed by atoms with Gasteiger partial charge in [-0.1, -0.05) is 36.4 Å². The average molecular weight is 334 g/mol. The van der Waals surface area contributed by atoms with Gasteiger partial charge in [-0.25, -0.2) is 0 Å². The van der Waals surface area contributed by atoms with E-state index in [-0.39, 0.29) is 0 Å². The smallest absolute Gasteiger partial charge is 0.257 e. The van der Waals surface area contributed by atoms with Crippen molar-refractivity contribution in [2.75, 3.05) is 5.32 Å². The number of pyridine rings is 1. The van der Waals surface area contributed by atoms with Crippen molar-refractivity contribution in [2.45, 2.75) is 12.7 Å². The highest BCUT2D eigenvalue weighted by Gasteiger charge is 2.16. The second-order valence-corrected chi connectivity index (χ2v) is 5.48. The van der Waals surface area contributed by atoms with Gasteiger partial charge in [0.1, 0.15) is 12.4 Å². The molecular weight excluding hydrogens is 316 g/mol. The minimum atomic E-state index is -1.21. The molecule has 2 aromatic carbocycles. The van der Waals surface area contributed by atoms with E-state index in [4.69, 9.17) is 4.74 Å². The zero-order valence-corrected chi connectivity index (χ0v) is 13.5. The molecule has 5 nitrogen and oxygen atoms in total. The summed E-state index contributed by atoms with van der Waals surface area (Å²) in [5.41, 5.74) is 2.12. The number of hydrogen-bond acceptors (Lipinski definition) is 4. The lowest BCUT2D eigenvalue weighted by atomic mass is 10.1. The lowest BCUT2D eigenvalue weighted by Crippen LogP contribution is -2.20. The molecule has 1 amide bonds. The van der Waals surface area contributed by atoms with Crippen molar-refractivity contribution >= 4 is 11.6 Å². The number of nitrogens with zero attached hydrogens (tertiary/aromatic N) is 1. The van der Waals surface area contributed by atoms with Crippen LogP contribution in [0.25, 0.3) is 0 Å². The van der Waals surface area contributed by atoms with Crippen LogP contribution in [0, 0.1) is 0 Å². The van der Waals surface area contributed by atoms with Gasteiger partial charge < -0.3 is 15.2 Å². The Labute approximate surface area is 145 Å². The Morgan fingerprint density at radius 3 is 2.48 bits per heavy atom. The molecule has 0 spiro atoms. The van der Waals surface area contributed by atoms with E-state index in [0.29, 0.717) is 23.6 Å². The fourth-order valence-corrected chi connectivity index (χ4v) is 2.28. The summed E-state index contributed by atoms with van der Waals surface area (Å²) in [5, 5.41) is 12.8. The third-order valence-electron chi connectivity index (χ3n) is 3.61. The van der Waals surface area contributed by atoms with Crippen molar-refractivity contribution in [3.63, 3.8) is 0 Å². The number of ether oxygens (including phenoxy) is 1. The number of hydrogen-bond donors (Lipinski definition) is 2. The van der Waals surface area contributed by atoms with Gasteiger partial charge in [0.25, 0.3) is 5.91 Å². The summed E-state index contributed by atoms with van der Waals surface area (Å²) < 4.78 is 5.67. The molecule has 2 N–H and O–H groups in total. The third-order valence-corrected chi connectivity index (χ3v) is 3.61. The summed E-state index contributed by atoms with van der Waals surface area (Å²) >= 11 is 0. The van der Waals surface area contributed by atoms with Crippen LogP contribution in [0.15, 0.2) is 79.1 Å². The van der Waals surface area contributed by atoms with E-state index in [2.05, 4.69) is 10.3 Å². The lowest BCUT2D eigenvalue weighted by Gasteiger charge is -2.12. The molecule has 5 heteroatoms. The number of anilines is 1. The molecule has 0 aliphatic carbocycles. The van der Waals surface area contributed by atoms with Crippen LogP contribution < -0.4 is 10.1 Å². The molecule has 1 heterocycles. The molecule has 0 bridgehead atoms. The molecule has 0 saturated carbocycles. The number of carbonyl (C=O) groups is 1. The fourth-order valence-electron chi connectivity index (χ4n) is 2.28. The maximum Gasteiger partial charge on any atom is 0.257 e. The minimum Gasteiger partial charge on any atom is -0.489 e. The Morgan fingerprint density at radius 1 is 1.04 bits per heavy atom. The first-order valence-electron chi connectivity index (χ1n) is 7.88. The molecule has 25 heavy (non-hydrogen) atoms. The summed E-state index contributed by atoms with van der Waals surface area (Å²) in [6, 6.07) is 19.6. The second kappa shape index (κ2) is 8.08. The largest absolute Gasteiger partial charge is 0.489 e. The molecule has 1 unspecified atom stereocenters. The first kappa shape index (κ1) is 16.7. The Balaban J connectivity index is 1.56. The molecule has 1 atom stereocenters. The summed E-state index contributed by atoms with van der Waals surface area (Å²) in [7, 11) is 0. The molecule has 0 aliphatic heterocycles. The highest BCUT2D eigenvalue weighted by atomic mass is 16.5. The van der Waals surface area contributed by atoms with Gasteiger partial charge in [0.2, 0.25) is 0 Å². The number of amides is 1. The van der Waals surface area contributed by atoms with E-state index in [9.17, 15) is 9.90 Å². The number of aliphatic hydroxyl groups is 1. The van der Waals surface area contributed by atoms with Crippen LogP contribution in [-0.4, -0.2) is 16.0 Å². The van der Waals surface area contributed by atoms with Crippen LogP contribution in [0.3, 0.4) is 0 Å². The summed E-state index contributed by atoms with van der Waals surface area (Å²) in [6.07, 6.45) is 2.26. The number of carbonyl (C=O) groups excluding carboxylic acids is 1. The number of nitrogens with one attached hydrogen (secondary N) is 1. The molecule has 1 aromatic heterocycles.